The minimum atomic E-state index is -3.29. The lowest BCUT2D eigenvalue weighted by atomic mass is 10.1. The molecular formula is C25H24F2O4. The molecule has 0 unspecified atom stereocenters. The molecule has 0 N–H and O–H groups in total. The van der Waals surface area contributed by atoms with E-state index in [1.165, 1.54) is 26.0 Å². The van der Waals surface area contributed by atoms with Crippen molar-refractivity contribution in [2.75, 3.05) is 0 Å². The number of hydrogen-bond acceptors (Lipinski definition) is 4. The Morgan fingerprint density at radius 3 is 2.16 bits per heavy atom. The fraction of sp³-hybridized carbons (Fsp3) is 0.240. The van der Waals surface area contributed by atoms with Gasteiger partial charge in [-0.25, -0.2) is 0 Å². The lowest BCUT2D eigenvalue weighted by Gasteiger charge is -2.21. The molecule has 0 aliphatic rings. The van der Waals surface area contributed by atoms with E-state index >= 15 is 0 Å². The topological polar surface area (TPSA) is 44.8 Å². The molecule has 0 saturated carbocycles. The molecule has 31 heavy (non-hydrogen) atoms. The van der Waals surface area contributed by atoms with Gasteiger partial charge in [0, 0.05) is 0 Å². The van der Waals surface area contributed by atoms with E-state index in [0.717, 1.165) is 5.56 Å². The molecule has 162 valence electrons. The van der Waals surface area contributed by atoms with Gasteiger partial charge in [0.25, 0.3) is 0 Å². The fourth-order valence-corrected chi connectivity index (χ4v) is 2.70. The average molecular weight is 426 g/mol. The number of alkyl halides is 2. The van der Waals surface area contributed by atoms with Crippen LogP contribution in [0.15, 0.2) is 78.9 Å². The molecule has 0 saturated heterocycles. The van der Waals surface area contributed by atoms with E-state index in [9.17, 15) is 13.6 Å². The maximum atomic E-state index is 13.8. The van der Waals surface area contributed by atoms with Gasteiger partial charge in [-0.15, -0.1) is 0 Å². The normalized spacial score (nSPS) is 11.3. The van der Waals surface area contributed by atoms with Gasteiger partial charge in [-0.3, -0.25) is 4.79 Å². The highest BCUT2D eigenvalue weighted by Crippen LogP contribution is 2.29. The monoisotopic (exact) mass is 426 g/mol. The average Bonchev–Trinajstić information content (AvgIpc) is 2.73. The van der Waals surface area contributed by atoms with E-state index in [1.807, 2.05) is 48.5 Å². The van der Waals surface area contributed by atoms with Gasteiger partial charge < -0.3 is 14.2 Å². The van der Waals surface area contributed by atoms with Gasteiger partial charge in [-0.1, -0.05) is 56.3 Å². The molecule has 0 spiro atoms. The van der Waals surface area contributed by atoms with Crippen molar-refractivity contribution in [3.63, 3.8) is 0 Å². The zero-order valence-corrected chi connectivity index (χ0v) is 17.4. The van der Waals surface area contributed by atoms with Crippen LogP contribution in [0.25, 0.3) is 0 Å². The second-order valence-electron chi connectivity index (χ2n) is 7.37. The highest BCUT2D eigenvalue weighted by atomic mass is 19.3. The standard InChI is InChI=1S/C25H24F2O4/c1-18(2)25(26,27)31-23-13-6-8-19(14-23)16-24(28)29-17-20-9-7-12-22(15-20)30-21-10-4-3-5-11-21/h3-15,18H,16-17H2,1-2H3. The van der Waals surface area contributed by atoms with Crippen LogP contribution in [0, 0.1) is 5.92 Å². The third-order valence-electron chi connectivity index (χ3n) is 4.45. The van der Waals surface area contributed by atoms with Crippen LogP contribution >= 0.6 is 0 Å². The van der Waals surface area contributed by atoms with Crippen LogP contribution in [-0.4, -0.2) is 12.1 Å². The van der Waals surface area contributed by atoms with E-state index < -0.39 is 18.0 Å². The lowest BCUT2D eigenvalue weighted by molar-refractivity contribution is -0.207. The van der Waals surface area contributed by atoms with Crippen molar-refractivity contribution >= 4 is 5.97 Å². The Balaban J connectivity index is 1.55. The predicted molar refractivity (Wildman–Crippen MR) is 113 cm³/mol. The number of carbonyl (C=O) groups is 1. The Morgan fingerprint density at radius 1 is 0.839 bits per heavy atom. The molecule has 3 rings (SSSR count). The summed E-state index contributed by atoms with van der Waals surface area (Å²) in [6, 6.07) is 22.7. The largest absolute Gasteiger partial charge is 0.461 e. The molecule has 0 radical (unpaired) electrons. The van der Waals surface area contributed by atoms with E-state index in [4.69, 9.17) is 14.2 Å². The first kappa shape index (κ1) is 22.3. The molecule has 0 aromatic heterocycles. The summed E-state index contributed by atoms with van der Waals surface area (Å²) in [4.78, 5) is 12.2. The van der Waals surface area contributed by atoms with Gasteiger partial charge in [-0.2, -0.15) is 8.78 Å². The SMILES string of the molecule is CC(C)C(F)(F)Oc1cccc(CC(=O)OCc2cccc(Oc3ccccc3)c2)c1. The molecule has 3 aromatic carbocycles. The van der Waals surface area contributed by atoms with E-state index in [1.54, 1.807) is 18.2 Å². The predicted octanol–water partition coefficient (Wildman–Crippen LogP) is 6.39. The molecule has 0 amide bonds. The Morgan fingerprint density at radius 2 is 1.45 bits per heavy atom. The Labute approximate surface area is 180 Å². The molecule has 0 atom stereocenters. The molecule has 6 heteroatoms. The minimum absolute atomic E-state index is 0.00904. The highest BCUT2D eigenvalue weighted by Gasteiger charge is 2.36. The van der Waals surface area contributed by atoms with E-state index in [-0.39, 0.29) is 18.8 Å². The number of hydrogen-bond donors (Lipinski definition) is 0. The minimum Gasteiger partial charge on any atom is -0.461 e. The van der Waals surface area contributed by atoms with Gasteiger partial charge in [0.15, 0.2) is 0 Å². The van der Waals surface area contributed by atoms with Crippen LogP contribution in [0.4, 0.5) is 8.78 Å². The fourth-order valence-electron chi connectivity index (χ4n) is 2.70. The van der Waals surface area contributed by atoms with Gasteiger partial charge in [0.05, 0.1) is 12.3 Å². The number of benzene rings is 3. The Bertz CT molecular complexity index is 1000. The zero-order chi connectivity index (χ0) is 22.3. The first-order chi connectivity index (χ1) is 14.8. The molecule has 0 heterocycles. The van der Waals surface area contributed by atoms with Crippen molar-refractivity contribution in [3.8, 4) is 17.2 Å². The Hall–Kier alpha value is -3.41. The summed E-state index contributed by atoms with van der Waals surface area (Å²) in [6.45, 7) is 2.83. The van der Waals surface area contributed by atoms with Crippen molar-refractivity contribution in [2.24, 2.45) is 5.92 Å². The van der Waals surface area contributed by atoms with Crippen molar-refractivity contribution < 1.29 is 27.8 Å². The quantitative estimate of drug-likeness (QED) is 0.372. The van der Waals surface area contributed by atoms with Crippen molar-refractivity contribution in [1.29, 1.82) is 0 Å². The third-order valence-corrected chi connectivity index (χ3v) is 4.45. The summed E-state index contributed by atoms with van der Waals surface area (Å²) >= 11 is 0. The summed E-state index contributed by atoms with van der Waals surface area (Å²) in [5, 5.41) is 0. The number of ether oxygens (including phenoxy) is 3. The van der Waals surface area contributed by atoms with Crippen molar-refractivity contribution in [1.82, 2.24) is 0 Å². The Kier molecular flexibility index (Phi) is 7.23. The number of rotatable bonds is 9. The second kappa shape index (κ2) is 10.1. The molecule has 3 aromatic rings. The maximum Gasteiger partial charge on any atom is 0.400 e. The summed E-state index contributed by atoms with van der Waals surface area (Å²) < 4.78 is 43.4. The van der Waals surface area contributed by atoms with E-state index in [2.05, 4.69) is 0 Å². The van der Waals surface area contributed by atoms with E-state index in [0.29, 0.717) is 17.1 Å². The molecule has 0 bridgehead atoms. The molecule has 0 aliphatic carbocycles. The van der Waals surface area contributed by atoms with Crippen LogP contribution < -0.4 is 9.47 Å². The smallest absolute Gasteiger partial charge is 0.400 e. The summed E-state index contributed by atoms with van der Waals surface area (Å²) in [5.74, 6) is -0.0860. The van der Waals surface area contributed by atoms with Crippen LogP contribution in [0.1, 0.15) is 25.0 Å². The molecule has 4 nitrogen and oxygen atoms in total. The maximum absolute atomic E-state index is 13.8. The van der Waals surface area contributed by atoms with Crippen molar-refractivity contribution in [2.45, 2.75) is 33.0 Å². The van der Waals surface area contributed by atoms with Crippen LogP contribution in [0.3, 0.4) is 0 Å². The first-order valence-electron chi connectivity index (χ1n) is 9.95. The number of esters is 1. The van der Waals surface area contributed by atoms with Gasteiger partial charge >= 0.3 is 12.1 Å². The van der Waals surface area contributed by atoms with Gasteiger partial charge in [0.2, 0.25) is 0 Å². The summed E-state index contributed by atoms with van der Waals surface area (Å²) in [5.41, 5.74) is 1.30. The number of halogens is 2. The summed E-state index contributed by atoms with van der Waals surface area (Å²) in [7, 11) is 0. The molecule has 0 fully saturated rings. The molecular weight excluding hydrogens is 402 g/mol. The lowest BCUT2D eigenvalue weighted by Crippen LogP contribution is -2.31. The number of carbonyl (C=O) groups excluding carboxylic acids is 1. The van der Waals surface area contributed by atoms with Crippen LogP contribution in [0.5, 0.6) is 17.2 Å². The van der Waals surface area contributed by atoms with Gasteiger partial charge in [-0.05, 0) is 47.5 Å². The molecule has 0 aliphatic heterocycles. The van der Waals surface area contributed by atoms with Gasteiger partial charge in [0.1, 0.15) is 23.9 Å². The van der Waals surface area contributed by atoms with Crippen LogP contribution in [0.2, 0.25) is 0 Å². The second-order valence-corrected chi connectivity index (χ2v) is 7.37. The third kappa shape index (κ3) is 6.81. The first-order valence-corrected chi connectivity index (χ1v) is 9.95. The summed E-state index contributed by atoms with van der Waals surface area (Å²) in [6.07, 6.45) is -3.34. The van der Waals surface area contributed by atoms with Crippen molar-refractivity contribution in [3.05, 3.63) is 90.0 Å². The number of para-hydroxylation sites is 1. The zero-order valence-electron chi connectivity index (χ0n) is 17.4. The van der Waals surface area contributed by atoms with Crippen LogP contribution in [-0.2, 0) is 22.6 Å². The highest BCUT2D eigenvalue weighted by molar-refractivity contribution is 5.72.